The van der Waals surface area contributed by atoms with Crippen LogP contribution >= 0.6 is 23.5 Å². The molecule has 0 aliphatic carbocycles. The SMILES string of the molecule is CCSc1ccccc1NC1CCSC1. The van der Waals surface area contributed by atoms with E-state index in [2.05, 4.69) is 48.3 Å². The van der Waals surface area contributed by atoms with Crippen LogP contribution in [0.5, 0.6) is 0 Å². The molecule has 1 nitrogen and oxygen atoms in total. The van der Waals surface area contributed by atoms with Gasteiger partial charge in [-0.25, -0.2) is 0 Å². The first-order chi connectivity index (χ1) is 7.40. The van der Waals surface area contributed by atoms with Gasteiger partial charge in [-0.05, 0) is 30.1 Å². The summed E-state index contributed by atoms with van der Waals surface area (Å²) in [6, 6.07) is 9.31. The summed E-state index contributed by atoms with van der Waals surface area (Å²) in [4.78, 5) is 1.39. The van der Waals surface area contributed by atoms with Gasteiger partial charge < -0.3 is 5.32 Å². The van der Waals surface area contributed by atoms with Crippen LogP contribution in [0.15, 0.2) is 29.2 Å². The molecule has 0 amide bonds. The molecule has 0 bridgehead atoms. The number of para-hydroxylation sites is 1. The Morgan fingerprint density at radius 1 is 1.47 bits per heavy atom. The third-order valence-electron chi connectivity index (χ3n) is 2.48. The molecule has 1 atom stereocenters. The molecule has 15 heavy (non-hydrogen) atoms. The van der Waals surface area contributed by atoms with Crippen molar-refractivity contribution in [2.45, 2.75) is 24.3 Å². The molecule has 1 N–H and O–H groups in total. The minimum absolute atomic E-state index is 0.675. The first-order valence-electron chi connectivity index (χ1n) is 5.46. The molecule has 1 aliphatic heterocycles. The molecule has 0 radical (unpaired) electrons. The minimum atomic E-state index is 0.675. The van der Waals surface area contributed by atoms with E-state index in [0.29, 0.717) is 6.04 Å². The van der Waals surface area contributed by atoms with Crippen molar-refractivity contribution in [1.82, 2.24) is 0 Å². The number of nitrogens with one attached hydrogen (secondary N) is 1. The second-order valence-corrected chi connectivity index (χ2v) is 6.09. The first-order valence-corrected chi connectivity index (χ1v) is 7.60. The summed E-state index contributed by atoms with van der Waals surface area (Å²) in [6.07, 6.45) is 1.30. The summed E-state index contributed by atoms with van der Waals surface area (Å²) >= 11 is 3.97. The topological polar surface area (TPSA) is 12.0 Å². The average molecular weight is 239 g/mol. The van der Waals surface area contributed by atoms with Gasteiger partial charge in [-0.2, -0.15) is 11.8 Å². The van der Waals surface area contributed by atoms with Crippen LogP contribution < -0.4 is 5.32 Å². The molecule has 0 aromatic heterocycles. The predicted octanol–water partition coefficient (Wildman–Crippen LogP) is 3.72. The summed E-state index contributed by atoms with van der Waals surface area (Å²) in [5.74, 6) is 3.70. The fraction of sp³-hybridized carbons (Fsp3) is 0.500. The Hall–Kier alpha value is -0.280. The Labute approximate surface area is 100 Å². The molecule has 82 valence electrons. The van der Waals surface area contributed by atoms with Gasteiger partial charge >= 0.3 is 0 Å². The van der Waals surface area contributed by atoms with Crippen molar-refractivity contribution in [3.05, 3.63) is 24.3 Å². The van der Waals surface area contributed by atoms with Crippen molar-refractivity contribution < 1.29 is 0 Å². The molecule has 1 aromatic carbocycles. The zero-order chi connectivity index (χ0) is 10.5. The highest BCUT2D eigenvalue weighted by Gasteiger charge is 2.15. The Bertz CT molecular complexity index is 308. The zero-order valence-corrected chi connectivity index (χ0v) is 10.7. The smallest absolute Gasteiger partial charge is 0.0480 e. The summed E-state index contributed by atoms with van der Waals surface area (Å²) < 4.78 is 0. The van der Waals surface area contributed by atoms with Gasteiger partial charge in [0.15, 0.2) is 0 Å². The number of hydrogen-bond donors (Lipinski definition) is 1. The molecule has 0 saturated carbocycles. The lowest BCUT2D eigenvalue weighted by Crippen LogP contribution is -2.18. The van der Waals surface area contributed by atoms with Gasteiger partial charge in [-0.15, -0.1) is 11.8 Å². The van der Waals surface area contributed by atoms with Crippen LogP contribution in [-0.2, 0) is 0 Å². The third-order valence-corrected chi connectivity index (χ3v) is 4.59. The lowest BCUT2D eigenvalue weighted by atomic mass is 10.2. The maximum Gasteiger partial charge on any atom is 0.0480 e. The highest BCUT2D eigenvalue weighted by atomic mass is 32.2. The fourth-order valence-corrected chi connectivity index (χ4v) is 3.66. The number of anilines is 1. The molecule has 1 aliphatic rings. The number of benzene rings is 1. The van der Waals surface area contributed by atoms with Gasteiger partial charge in [0, 0.05) is 22.4 Å². The van der Waals surface area contributed by atoms with Gasteiger partial charge in [0.05, 0.1) is 0 Å². The summed E-state index contributed by atoms with van der Waals surface area (Å²) in [7, 11) is 0. The van der Waals surface area contributed by atoms with E-state index >= 15 is 0 Å². The molecule has 2 rings (SSSR count). The third kappa shape index (κ3) is 3.08. The second-order valence-electron chi connectivity index (χ2n) is 3.63. The van der Waals surface area contributed by atoms with Crippen LogP contribution in [0.4, 0.5) is 5.69 Å². The molecular formula is C12H17NS2. The molecule has 1 saturated heterocycles. The molecular weight excluding hydrogens is 222 g/mol. The molecule has 1 unspecified atom stereocenters. The molecule has 3 heteroatoms. The van der Waals surface area contributed by atoms with E-state index in [0.717, 1.165) is 5.75 Å². The Morgan fingerprint density at radius 3 is 3.07 bits per heavy atom. The number of rotatable bonds is 4. The normalized spacial score (nSPS) is 20.5. The lowest BCUT2D eigenvalue weighted by Gasteiger charge is -2.15. The van der Waals surface area contributed by atoms with Crippen LogP contribution in [0.1, 0.15) is 13.3 Å². The van der Waals surface area contributed by atoms with Crippen molar-refractivity contribution in [2.75, 3.05) is 22.6 Å². The van der Waals surface area contributed by atoms with E-state index in [4.69, 9.17) is 0 Å². The van der Waals surface area contributed by atoms with E-state index in [-0.39, 0.29) is 0 Å². The lowest BCUT2D eigenvalue weighted by molar-refractivity contribution is 0.810. The molecule has 1 heterocycles. The predicted molar refractivity (Wildman–Crippen MR) is 72.2 cm³/mol. The van der Waals surface area contributed by atoms with Crippen molar-refractivity contribution in [3.8, 4) is 0 Å². The number of thioether (sulfide) groups is 2. The fourth-order valence-electron chi connectivity index (χ4n) is 1.74. The van der Waals surface area contributed by atoms with E-state index in [1.165, 1.54) is 28.5 Å². The highest BCUT2D eigenvalue weighted by molar-refractivity contribution is 7.99. The van der Waals surface area contributed by atoms with Crippen LogP contribution in [0, 0.1) is 0 Å². The molecule has 1 aromatic rings. The Balaban J connectivity index is 2.05. The Morgan fingerprint density at radius 2 is 2.33 bits per heavy atom. The van der Waals surface area contributed by atoms with Crippen LogP contribution in [0.2, 0.25) is 0 Å². The maximum atomic E-state index is 3.65. The van der Waals surface area contributed by atoms with E-state index in [1.807, 2.05) is 11.8 Å². The maximum absolute atomic E-state index is 3.65. The minimum Gasteiger partial charge on any atom is -0.381 e. The van der Waals surface area contributed by atoms with Gasteiger partial charge in [0.2, 0.25) is 0 Å². The molecule has 1 fully saturated rings. The Kier molecular flexibility index (Phi) is 4.27. The standard InChI is InChI=1S/C12H17NS2/c1-2-15-12-6-4-3-5-11(12)13-10-7-8-14-9-10/h3-6,10,13H,2,7-9H2,1H3. The van der Waals surface area contributed by atoms with Crippen molar-refractivity contribution in [2.24, 2.45) is 0 Å². The largest absolute Gasteiger partial charge is 0.381 e. The van der Waals surface area contributed by atoms with Crippen molar-refractivity contribution in [1.29, 1.82) is 0 Å². The van der Waals surface area contributed by atoms with Crippen molar-refractivity contribution >= 4 is 29.2 Å². The monoisotopic (exact) mass is 239 g/mol. The summed E-state index contributed by atoms with van der Waals surface area (Å²) in [6.45, 7) is 2.20. The van der Waals surface area contributed by atoms with Crippen LogP contribution in [0.25, 0.3) is 0 Å². The zero-order valence-electron chi connectivity index (χ0n) is 9.03. The average Bonchev–Trinajstić information content (AvgIpc) is 2.74. The second kappa shape index (κ2) is 5.71. The molecule has 0 spiro atoms. The van der Waals surface area contributed by atoms with E-state index in [9.17, 15) is 0 Å². The first kappa shape index (κ1) is 11.2. The van der Waals surface area contributed by atoms with Gasteiger partial charge in [0.25, 0.3) is 0 Å². The number of hydrogen-bond acceptors (Lipinski definition) is 3. The quantitative estimate of drug-likeness (QED) is 0.804. The van der Waals surface area contributed by atoms with Crippen molar-refractivity contribution in [3.63, 3.8) is 0 Å². The van der Waals surface area contributed by atoms with Crippen LogP contribution in [0.3, 0.4) is 0 Å². The summed E-state index contributed by atoms with van der Waals surface area (Å²) in [5, 5.41) is 3.65. The van der Waals surface area contributed by atoms with E-state index in [1.54, 1.807) is 0 Å². The van der Waals surface area contributed by atoms with Gasteiger partial charge in [-0.1, -0.05) is 19.1 Å². The van der Waals surface area contributed by atoms with E-state index < -0.39 is 0 Å². The highest BCUT2D eigenvalue weighted by Crippen LogP contribution is 2.29. The van der Waals surface area contributed by atoms with Crippen LogP contribution in [-0.4, -0.2) is 23.3 Å². The van der Waals surface area contributed by atoms with Gasteiger partial charge in [-0.3, -0.25) is 0 Å². The van der Waals surface area contributed by atoms with Gasteiger partial charge in [0.1, 0.15) is 0 Å². The summed E-state index contributed by atoms with van der Waals surface area (Å²) in [5.41, 5.74) is 1.32.